The van der Waals surface area contributed by atoms with E-state index < -0.39 is 0 Å². The molecule has 0 saturated carbocycles. The Morgan fingerprint density at radius 2 is 1.94 bits per heavy atom. The standard InChI is InChI=1S/C13H10N2O/c1-10-13(3-2-8-15-10)16-12-6-4-11(9-14)5-7-12/h2-8H,1H3. The Morgan fingerprint density at radius 3 is 2.56 bits per heavy atom. The topological polar surface area (TPSA) is 45.9 Å². The molecule has 1 aromatic heterocycles. The van der Waals surface area contributed by atoms with E-state index in [-0.39, 0.29) is 0 Å². The Bertz CT molecular complexity index is 526. The van der Waals surface area contributed by atoms with Gasteiger partial charge in [-0.05, 0) is 43.3 Å². The second-order valence-corrected chi connectivity index (χ2v) is 3.33. The molecule has 1 heterocycles. The molecule has 2 aromatic rings. The molecule has 3 nitrogen and oxygen atoms in total. The summed E-state index contributed by atoms with van der Waals surface area (Å²) in [5, 5.41) is 8.66. The molecule has 0 atom stereocenters. The Balaban J connectivity index is 2.22. The van der Waals surface area contributed by atoms with Crippen LogP contribution in [0, 0.1) is 18.3 Å². The molecule has 0 N–H and O–H groups in total. The maximum Gasteiger partial charge on any atom is 0.148 e. The van der Waals surface area contributed by atoms with Crippen LogP contribution in [0.1, 0.15) is 11.3 Å². The number of aromatic nitrogens is 1. The van der Waals surface area contributed by atoms with E-state index in [4.69, 9.17) is 10.00 Å². The lowest BCUT2D eigenvalue weighted by atomic mass is 10.2. The van der Waals surface area contributed by atoms with Gasteiger partial charge >= 0.3 is 0 Å². The van der Waals surface area contributed by atoms with E-state index in [1.54, 1.807) is 30.5 Å². The van der Waals surface area contributed by atoms with Crippen LogP contribution in [-0.4, -0.2) is 4.98 Å². The first-order valence-corrected chi connectivity index (χ1v) is 4.89. The number of hydrogen-bond donors (Lipinski definition) is 0. The summed E-state index contributed by atoms with van der Waals surface area (Å²) in [4.78, 5) is 4.13. The van der Waals surface area contributed by atoms with E-state index in [1.807, 2.05) is 19.1 Å². The summed E-state index contributed by atoms with van der Waals surface area (Å²) in [6.45, 7) is 1.89. The van der Waals surface area contributed by atoms with Gasteiger partial charge in [0, 0.05) is 6.20 Å². The Morgan fingerprint density at radius 1 is 1.19 bits per heavy atom. The van der Waals surface area contributed by atoms with Gasteiger partial charge in [0.05, 0.1) is 17.3 Å². The van der Waals surface area contributed by atoms with Crippen molar-refractivity contribution in [1.82, 2.24) is 4.98 Å². The second kappa shape index (κ2) is 4.45. The minimum absolute atomic E-state index is 0.621. The van der Waals surface area contributed by atoms with Gasteiger partial charge in [0.2, 0.25) is 0 Å². The highest BCUT2D eigenvalue weighted by molar-refractivity contribution is 5.38. The third-order valence-corrected chi connectivity index (χ3v) is 2.17. The number of benzene rings is 1. The van der Waals surface area contributed by atoms with E-state index in [2.05, 4.69) is 11.1 Å². The van der Waals surface area contributed by atoms with E-state index in [9.17, 15) is 0 Å². The van der Waals surface area contributed by atoms with Crippen molar-refractivity contribution in [1.29, 1.82) is 5.26 Å². The lowest BCUT2D eigenvalue weighted by Crippen LogP contribution is -1.89. The molecule has 0 saturated heterocycles. The smallest absolute Gasteiger partial charge is 0.148 e. The lowest BCUT2D eigenvalue weighted by molar-refractivity contribution is 0.475. The first-order valence-electron chi connectivity index (χ1n) is 4.89. The monoisotopic (exact) mass is 210 g/mol. The van der Waals surface area contributed by atoms with E-state index in [1.165, 1.54) is 0 Å². The molecule has 0 spiro atoms. The van der Waals surface area contributed by atoms with Crippen LogP contribution in [0.5, 0.6) is 11.5 Å². The first-order chi connectivity index (χ1) is 7.79. The lowest BCUT2D eigenvalue weighted by Gasteiger charge is -2.07. The number of nitrogens with zero attached hydrogens (tertiary/aromatic N) is 2. The minimum atomic E-state index is 0.621. The number of ether oxygens (including phenoxy) is 1. The fourth-order valence-electron chi connectivity index (χ4n) is 1.30. The van der Waals surface area contributed by atoms with E-state index in [0.29, 0.717) is 11.3 Å². The van der Waals surface area contributed by atoms with Crippen LogP contribution in [0.2, 0.25) is 0 Å². The van der Waals surface area contributed by atoms with Gasteiger partial charge in [-0.2, -0.15) is 5.26 Å². The molecule has 0 unspecified atom stereocenters. The van der Waals surface area contributed by atoms with Crippen molar-refractivity contribution in [3.63, 3.8) is 0 Å². The predicted molar refractivity (Wildman–Crippen MR) is 60.2 cm³/mol. The summed E-state index contributed by atoms with van der Waals surface area (Å²) in [6, 6.07) is 12.7. The summed E-state index contributed by atoms with van der Waals surface area (Å²) in [5.74, 6) is 1.43. The first kappa shape index (κ1) is 10.2. The summed E-state index contributed by atoms with van der Waals surface area (Å²) < 4.78 is 5.64. The zero-order valence-corrected chi connectivity index (χ0v) is 8.84. The average molecular weight is 210 g/mol. The van der Waals surface area contributed by atoms with Crippen LogP contribution < -0.4 is 4.74 Å². The van der Waals surface area contributed by atoms with Gasteiger partial charge in [0.25, 0.3) is 0 Å². The largest absolute Gasteiger partial charge is 0.455 e. The molecule has 0 aliphatic heterocycles. The van der Waals surface area contributed by atoms with Crippen LogP contribution in [-0.2, 0) is 0 Å². The normalized spacial score (nSPS) is 9.50. The number of pyridine rings is 1. The highest BCUT2D eigenvalue weighted by Crippen LogP contribution is 2.23. The molecule has 2 rings (SSSR count). The van der Waals surface area contributed by atoms with Crippen LogP contribution in [0.15, 0.2) is 42.6 Å². The van der Waals surface area contributed by atoms with Crippen molar-refractivity contribution in [2.75, 3.05) is 0 Å². The third kappa shape index (κ3) is 2.18. The zero-order chi connectivity index (χ0) is 11.4. The Labute approximate surface area is 93.9 Å². The van der Waals surface area contributed by atoms with Crippen molar-refractivity contribution in [2.24, 2.45) is 0 Å². The number of aryl methyl sites for hydroxylation is 1. The van der Waals surface area contributed by atoms with E-state index >= 15 is 0 Å². The van der Waals surface area contributed by atoms with Gasteiger partial charge < -0.3 is 4.74 Å². The predicted octanol–water partition coefficient (Wildman–Crippen LogP) is 3.05. The summed E-state index contributed by atoms with van der Waals surface area (Å²) >= 11 is 0. The zero-order valence-electron chi connectivity index (χ0n) is 8.84. The van der Waals surface area contributed by atoms with Gasteiger partial charge in [-0.25, -0.2) is 0 Å². The molecule has 16 heavy (non-hydrogen) atoms. The molecule has 0 bridgehead atoms. The van der Waals surface area contributed by atoms with Crippen LogP contribution in [0.3, 0.4) is 0 Å². The molecule has 3 heteroatoms. The van der Waals surface area contributed by atoms with Crippen LogP contribution >= 0.6 is 0 Å². The van der Waals surface area contributed by atoms with Crippen molar-refractivity contribution < 1.29 is 4.74 Å². The fourth-order valence-corrected chi connectivity index (χ4v) is 1.30. The van der Waals surface area contributed by atoms with Gasteiger partial charge in [-0.3, -0.25) is 4.98 Å². The van der Waals surface area contributed by atoms with Crippen LogP contribution in [0.25, 0.3) is 0 Å². The summed E-state index contributed by atoms with van der Waals surface area (Å²) in [7, 11) is 0. The second-order valence-electron chi connectivity index (χ2n) is 3.33. The van der Waals surface area contributed by atoms with E-state index in [0.717, 1.165) is 11.4 Å². The molecule has 78 valence electrons. The Hall–Kier alpha value is -2.34. The van der Waals surface area contributed by atoms with Gasteiger partial charge in [-0.15, -0.1) is 0 Å². The maximum atomic E-state index is 8.66. The third-order valence-electron chi connectivity index (χ3n) is 2.17. The SMILES string of the molecule is Cc1ncccc1Oc1ccc(C#N)cc1. The van der Waals surface area contributed by atoms with Crippen molar-refractivity contribution in [3.8, 4) is 17.6 Å². The quantitative estimate of drug-likeness (QED) is 0.765. The molecule has 1 aromatic carbocycles. The van der Waals surface area contributed by atoms with Gasteiger partial charge in [0.15, 0.2) is 0 Å². The molecular weight excluding hydrogens is 200 g/mol. The molecule has 0 fully saturated rings. The highest BCUT2D eigenvalue weighted by atomic mass is 16.5. The molecular formula is C13H10N2O. The fraction of sp³-hybridized carbons (Fsp3) is 0.0769. The van der Waals surface area contributed by atoms with Crippen molar-refractivity contribution >= 4 is 0 Å². The Kier molecular flexibility index (Phi) is 2.84. The number of rotatable bonds is 2. The number of nitriles is 1. The number of hydrogen-bond acceptors (Lipinski definition) is 3. The molecule has 0 amide bonds. The van der Waals surface area contributed by atoms with Crippen LogP contribution in [0.4, 0.5) is 0 Å². The van der Waals surface area contributed by atoms with Crippen molar-refractivity contribution in [3.05, 3.63) is 53.9 Å². The van der Waals surface area contributed by atoms with Gasteiger partial charge in [-0.1, -0.05) is 0 Å². The maximum absolute atomic E-state index is 8.66. The molecule has 0 aliphatic carbocycles. The molecule has 0 radical (unpaired) electrons. The van der Waals surface area contributed by atoms with Gasteiger partial charge in [0.1, 0.15) is 11.5 Å². The summed E-state index contributed by atoms with van der Waals surface area (Å²) in [6.07, 6.45) is 1.72. The van der Waals surface area contributed by atoms with Crippen molar-refractivity contribution in [2.45, 2.75) is 6.92 Å². The highest BCUT2D eigenvalue weighted by Gasteiger charge is 2.01. The summed E-state index contributed by atoms with van der Waals surface area (Å²) in [5.41, 5.74) is 1.46. The minimum Gasteiger partial charge on any atom is -0.455 e. The average Bonchev–Trinajstić information content (AvgIpc) is 2.33. The molecule has 0 aliphatic rings.